The maximum absolute atomic E-state index is 13.5. The first-order valence-electron chi connectivity index (χ1n) is 23.4. The zero-order valence-corrected chi connectivity index (χ0v) is 35.4. The highest BCUT2D eigenvalue weighted by molar-refractivity contribution is 5.69. The molecular formula is C48H78O7. The van der Waals surface area contributed by atoms with Gasteiger partial charge in [0.1, 0.15) is 6.10 Å². The van der Waals surface area contributed by atoms with Crippen molar-refractivity contribution in [3.63, 3.8) is 0 Å². The van der Waals surface area contributed by atoms with E-state index in [1.807, 2.05) is 0 Å². The van der Waals surface area contributed by atoms with Gasteiger partial charge in [0.25, 0.3) is 0 Å². The van der Waals surface area contributed by atoms with Crippen LogP contribution >= 0.6 is 0 Å². The van der Waals surface area contributed by atoms with Gasteiger partial charge in [-0.3, -0.25) is 9.59 Å². The molecule has 0 bridgehead atoms. The topological polar surface area (TPSA) is 124 Å². The fourth-order valence-electron chi connectivity index (χ4n) is 17.8. The molecule has 8 fully saturated rings. The van der Waals surface area contributed by atoms with Crippen LogP contribution in [0.4, 0.5) is 0 Å². The summed E-state index contributed by atoms with van der Waals surface area (Å²) in [5.74, 6) is 4.85. The van der Waals surface area contributed by atoms with Crippen molar-refractivity contribution < 1.29 is 34.8 Å². The van der Waals surface area contributed by atoms with Gasteiger partial charge in [0.2, 0.25) is 0 Å². The van der Waals surface area contributed by atoms with Crippen LogP contribution in [0.15, 0.2) is 0 Å². The first-order chi connectivity index (χ1) is 26.0. The second kappa shape index (κ2) is 14.8. The zero-order valence-electron chi connectivity index (χ0n) is 35.4. The van der Waals surface area contributed by atoms with Gasteiger partial charge in [0.05, 0.1) is 18.3 Å². The lowest BCUT2D eigenvalue weighted by Gasteiger charge is -2.62. The molecule has 0 aromatic rings. The summed E-state index contributed by atoms with van der Waals surface area (Å²) >= 11 is 0. The average molecular weight is 767 g/mol. The van der Waals surface area contributed by atoms with Gasteiger partial charge in [-0.2, -0.15) is 0 Å². The Morgan fingerprint density at radius 2 is 1.04 bits per heavy atom. The number of carboxylic acids is 1. The molecule has 7 nitrogen and oxygen atoms in total. The summed E-state index contributed by atoms with van der Waals surface area (Å²) in [6.07, 6.45) is 18.4. The van der Waals surface area contributed by atoms with Gasteiger partial charge in [-0.05, 0) is 208 Å². The summed E-state index contributed by atoms with van der Waals surface area (Å²) in [5.41, 5.74) is 0.812. The van der Waals surface area contributed by atoms with Crippen LogP contribution in [0.3, 0.4) is 0 Å². The second-order valence-corrected chi connectivity index (χ2v) is 22.8. The van der Waals surface area contributed by atoms with Gasteiger partial charge in [0, 0.05) is 12.8 Å². The molecular weight excluding hydrogens is 689 g/mol. The summed E-state index contributed by atoms with van der Waals surface area (Å²) in [6, 6.07) is 0. The van der Waals surface area contributed by atoms with E-state index in [-0.39, 0.29) is 58.5 Å². The largest absolute Gasteiger partial charge is 0.481 e. The predicted molar refractivity (Wildman–Crippen MR) is 214 cm³/mol. The number of aliphatic hydroxyl groups is 3. The van der Waals surface area contributed by atoms with E-state index in [0.717, 1.165) is 83.5 Å². The van der Waals surface area contributed by atoms with Crippen molar-refractivity contribution in [1.29, 1.82) is 0 Å². The molecule has 0 spiro atoms. The fourth-order valence-corrected chi connectivity index (χ4v) is 17.8. The Hall–Kier alpha value is -1.18. The molecule has 8 aliphatic rings. The molecule has 0 heterocycles. The van der Waals surface area contributed by atoms with Crippen LogP contribution in [-0.2, 0) is 14.3 Å². The number of aliphatic carboxylic acids is 1. The zero-order chi connectivity index (χ0) is 39.2. The van der Waals surface area contributed by atoms with Crippen molar-refractivity contribution in [2.24, 2.45) is 92.7 Å². The molecule has 55 heavy (non-hydrogen) atoms. The monoisotopic (exact) mass is 767 g/mol. The van der Waals surface area contributed by atoms with Crippen LogP contribution in [0.1, 0.15) is 170 Å². The van der Waals surface area contributed by atoms with Gasteiger partial charge in [-0.1, -0.05) is 41.5 Å². The average Bonchev–Trinajstić information content (AvgIpc) is 3.67. The van der Waals surface area contributed by atoms with Crippen molar-refractivity contribution >= 4 is 11.9 Å². The minimum Gasteiger partial charge on any atom is -0.481 e. The highest BCUT2D eigenvalue weighted by Gasteiger charge is 2.65. The molecule has 0 aromatic carbocycles. The lowest BCUT2D eigenvalue weighted by Crippen LogP contribution is -2.58. The van der Waals surface area contributed by atoms with Crippen LogP contribution in [0.25, 0.3) is 0 Å². The Morgan fingerprint density at radius 1 is 0.582 bits per heavy atom. The number of carbonyl (C=O) groups is 2. The summed E-state index contributed by atoms with van der Waals surface area (Å²) in [7, 11) is 0. The molecule has 0 aromatic heterocycles. The van der Waals surface area contributed by atoms with Crippen LogP contribution in [0.2, 0.25) is 0 Å². The number of ether oxygens (including phenoxy) is 1. The normalized spacial score (nSPS) is 52.7. The Balaban J connectivity index is 0.845. The van der Waals surface area contributed by atoms with Crippen molar-refractivity contribution in [1.82, 2.24) is 0 Å². The lowest BCUT2D eigenvalue weighted by molar-refractivity contribution is -0.183. The van der Waals surface area contributed by atoms with E-state index in [4.69, 9.17) is 4.74 Å². The Bertz CT molecular complexity index is 1430. The minimum absolute atomic E-state index is 0.0401. The maximum atomic E-state index is 13.5. The summed E-state index contributed by atoms with van der Waals surface area (Å²) < 4.78 is 6.31. The molecule has 1 unspecified atom stereocenters. The third kappa shape index (κ3) is 6.69. The molecule has 0 saturated heterocycles. The van der Waals surface area contributed by atoms with Gasteiger partial charge in [-0.25, -0.2) is 0 Å². The quantitative estimate of drug-likeness (QED) is 0.173. The first-order valence-corrected chi connectivity index (χ1v) is 23.4. The van der Waals surface area contributed by atoms with Gasteiger partial charge >= 0.3 is 11.9 Å². The third-order valence-electron chi connectivity index (χ3n) is 20.7. The summed E-state index contributed by atoms with van der Waals surface area (Å²) in [6.45, 7) is 14.6. The molecule has 0 amide bonds. The van der Waals surface area contributed by atoms with E-state index >= 15 is 0 Å². The highest BCUT2D eigenvalue weighted by Crippen LogP contribution is 2.70. The predicted octanol–water partition coefficient (Wildman–Crippen LogP) is 9.44. The first kappa shape index (κ1) is 40.6. The number of rotatable bonds is 9. The van der Waals surface area contributed by atoms with E-state index in [9.17, 15) is 30.0 Å². The van der Waals surface area contributed by atoms with E-state index in [1.165, 1.54) is 32.1 Å². The van der Waals surface area contributed by atoms with Crippen LogP contribution < -0.4 is 0 Å². The van der Waals surface area contributed by atoms with E-state index in [2.05, 4.69) is 41.5 Å². The Kier molecular flexibility index (Phi) is 10.9. The third-order valence-corrected chi connectivity index (χ3v) is 20.7. The van der Waals surface area contributed by atoms with Gasteiger partial charge < -0.3 is 25.2 Å². The smallest absolute Gasteiger partial charge is 0.306 e. The Morgan fingerprint density at radius 3 is 1.56 bits per heavy atom. The van der Waals surface area contributed by atoms with Crippen molar-refractivity contribution in [3.05, 3.63) is 0 Å². The molecule has 8 rings (SSSR count). The fraction of sp³-hybridized carbons (Fsp3) is 0.958. The molecule has 7 heteroatoms. The molecule has 0 radical (unpaired) electrons. The van der Waals surface area contributed by atoms with Crippen molar-refractivity contribution in [3.8, 4) is 0 Å². The minimum atomic E-state index is -0.696. The highest BCUT2D eigenvalue weighted by atomic mass is 16.5. The second-order valence-electron chi connectivity index (χ2n) is 22.8. The van der Waals surface area contributed by atoms with Crippen LogP contribution in [-0.4, -0.2) is 56.8 Å². The standard InChI is InChI=1S/C48H78O7/c1-27(7-13-41(52)53)33-9-11-36-44-38(18-22-47(33,36)5)46(4)20-16-32(24-30(46)26-40(44)51)55-42(54)14-8-28(2)34-10-12-35-43-37(17-21-48(34,35)6)45(3)19-15-31(49)23-29(45)25-39(43)50/h27-40,43-44,49-51H,7-26H2,1-6H3,(H,52,53)/t27-,28-,29+,30+,31-,32-,33-,34-,35+,36+,37+,38?,39+,40+,43+,44+,45+,46+,47-,48-/m1/s1. The number of carboxylic acid groups (broad SMARTS) is 1. The van der Waals surface area contributed by atoms with Crippen LogP contribution in [0, 0.1) is 92.7 Å². The molecule has 0 aliphatic heterocycles. The number of hydrogen-bond donors (Lipinski definition) is 4. The van der Waals surface area contributed by atoms with Crippen molar-refractivity contribution in [2.45, 2.75) is 194 Å². The number of aliphatic hydroxyl groups excluding tert-OH is 3. The summed E-state index contributed by atoms with van der Waals surface area (Å²) in [5, 5.41) is 43.3. The molecule has 20 atom stereocenters. The molecule has 312 valence electrons. The molecule has 8 saturated carbocycles. The number of fused-ring (bicyclic) bond motifs is 10. The lowest BCUT2D eigenvalue weighted by atomic mass is 9.43. The van der Waals surface area contributed by atoms with Crippen LogP contribution in [0.5, 0.6) is 0 Å². The Labute approximate surface area is 332 Å². The van der Waals surface area contributed by atoms with E-state index in [0.29, 0.717) is 77.4 Å². The SMILES string of the molecule is C[C@H](CCC(=O)O)[C@H]1CC[C@H]2[C@H]3C(CC[C@]12C)[C@@]1(C)CC[C@@H](OC(=O)CC[C@@H](C)[C@H]2CC[C@H]4[C@@H]5[C@@H](O)C[C@@H]6C[C@H](O)CC[C@]6(C)[C@H]5CC[C@]24C)C[C@H]1C[C@@H]3O. The van der Waals surface area contributed by atoms with Gasteiger partial charge in [0.15, 0.2) is 0 Å². The number of hydrogen-bond acceptors (Lipinski definition) is 6. The van der Waals surface area contributed by atoms with E-state index < -0.39 is 5.97 Å². The van der Waals surface area contributed by atoms with E-state index in [1.54, 1.807) is 0 Å². The summed E-state index contributed by atoms with van der Waals surface area (Å²) in [4.78, 5) is 24.9. The number of esters is 1. The van der Waals surface area contributed by atoms with Gasteiger partial charge in [-0.15, -0.1) is 0 Å². The molecule has 4 N–H and O–H groups in total. The maximum Gasteiger partial charge on any atom is 0.306 e. The number of carbonyl (C=O) groups excluding carboxylic acids is 1. The van der Waals surface area contributed by atoms with Crippen molar-refractivity contribution in [2.75, 3.05) is 0 Å². The molecule has 8 aliphatic carbocycles.